The van der Waals surface area contributed by atoms with Gasteiger partial charge in [-0.3, -0.25) is 4.79 Å². The summed E-state index contributed by atoms with van der Waals surface area (Å²) in [5.74, 6) is -0.533. The Morgan fingerprint density at radius 3 is 2.53 bits per heavy atom. The molecule has 5 nitrogen and oxygen atoms in total. The molecule has 0 bridgehead atoms. The zero-order valence-electron chi connectivity index (χ0n) is 7.47. The monoisotopic (exact) mass is 212 g/mol. The van der Waals surface area contributed by atoms with E-state index in [-0.39, 0.29) is 12.4 Å². The molecule has 0 N–H and O–H groups in total. The topological polar surface area (TPSA) is 58.5 Å². The van der Waals surface area contributed by atoms with Crippen LogP contribution in [0.4, 0.5) is 14.7 Å². The second-order valence-electron chi connectivity index (χ2n) is 2.82. The molecule has 0 aliphatic carbocycles. The summed E-state index contributed by atoms with van der Waals surface area (Å²) >= 11 is 0. The number of carbonyl (C=O) groups is 1. The van der Waals surface area contributed by atoms with E-state index in [0.717, 1.165) is 5.01 Å². The summed E-state index contributed by atoms with van der Waals surface area (Å²) in [5.41, 5.74) is -0.451. The van der Waals surface area contributed by atoms with Crippen LogP contribution in [0.2, 0.25) is 0 Å². The van der Waals surface area contributed by atoms with Gasteiger partial charge < -0.3 is 0 Å². The van der Waals surface area contributed by atoms with Crippen LogP contribution in [0.5, 0.6) is 0 Å². The van der Waals surface area contributed by atoms with E-state index in [1.807, 2.05) is 0 Å². The van der Waals surface area contributed by atoms with E-state index >= 15 is 0 Å². The predicted octanol–water partition coefficient (Wildman–Crippen LogP) is 0.834. The van der Waals surface area contributed by atoms with Gasteiger partial charge in [-0.1, -0.05) is 0 Å². The van der Waals surface area contributed by atoms with E-state index in [4.69, 9.17) is 0 Å². The number of hydrogen-bond donors (Lipinski definition) is 0. The normalized spacial score (nSPS) is 16.1. The first kappa shape index (κ1) is 9.63. The first-order chi connectivity index (χ1) is 7.18. The van der Waals surface area contributed by atoms with E-state index < -0.39 is 18.0 Å². The largest absolute Gasteiger partial charge is 0.278 e. The van der Waals surface area contributed by atoms with Crippen molar-refractivity contribution in [3.63, 3.8) is 0 Å². The predicted molar refractivity (Wildman–Crippen MR) is 47.6 cm³/mol. The molecule has 2 heterocycles. The third kappa shape index (κ3) is 1.80. The number of carbonyl (C=O) groups excluding carboxylic acids is 1. The fourth-order valence-corrected chi connectivity index (χ4v) is 1.13. The minimum Gasteiger partial charge on any atom is -0.272 e. The highest BCUT2D eigenvalue weighted by atomic mass is 19.3. The first-order valence-corrected chi connectivity index (χ1v) is 4.14. The molecule has 0 saturated carbocycles. The molecule has 0 aromatic carbocycles. The van der Waals surface area contributed by atoms with Gasteiger partial charge in [0.25, 0.3) is 18.3 Å². The standard InChI is InChI=1S/C8H6F2N4O/c9-7(10)5-4-6(15)14(13-5)8-11-2-1-3-12-8/h1-3,7H,4H2. The quantitative estimate of drug-likeness (QED) is 0.729. The number of nitrogens with zero attached hydrogens (tertiary/aromatic N) is 4. The van der Waals surface area contributed by atoms with Gasteiger partial charge >= 0.3 is 0 Å². The van der Waals surface area contributed by atoms with Crippen LogP contribution in [0.15, 0.2) is 23.6 Å². The number of anilines is 1. The van der Waals surface area contributed by atoms with Crippen LogP contribution in [0, 0.1) is 0 Å². The van der Waals surface area contributed by atoms with E-state index in [1.165, 1.54) is 12.4 Å². The molecule has 1 aromatic heterocycles. The maximum atomic E-state index is 12.3. The number of amides is 1. The molecule has 1 aliphatic heterocycles. The highest BCUT2D eigenvalue weighted by Crippen LogP contribution is 2.17. The van der Waals surface area contributed by atoms with Crippen molar-refractivity contribution >= 4 is 17.6 Å². The van der Waals surface area contributed by atoms with Crippen molar-refractivity contribution < 1.29 is 13.6 Å². The number of hydrogen-bond acceptors (Lipinski definition) is 4. The Morgan fingerprint density at radius 2 is 2.00 bits per heavy atom. The van der Waals surface area contributed by atoms with Crippen molar-refractivity contribution in [2.24, 2.45) is 5.10 Å². The minimum absolute atomic E-state index is 0.0122. The van der Waals surface area contributed by atoms with Gasteiger partial charge in [0.2, 0.25) is 0 Å². The average Bonchev–Trinajstić information content (AvgIpc) is 2.62. The summed E-state index contributed by atoms with van der Waals surface area (Å²) in [5, 5.41) is 4.26. The van der Waals surface area contributed by atoms with Crippen LogP contribution >= 0.6 is 0 Å². The second kappa shape index (κ2) is 3.68. The Balaban J connectivity index is 2.28. The summed E-state index contributed by atoms with van der Waals surface area (Å²) in [7, 11) is 0. The summed E-state index contributed by atoms with van der Waals surface area (Å²) in [6, 6.07) is 1.56. The highest BCUT2D eigenvalue weighted by molar-refractivity contribution is 6.13. The van der Waals surface area contributed by atoms with Crippen molar-refractivity contribution in [1.29, 1.82) is 0 Å². The SMILES string of the molecule is O=C1CC(C(F)F)=NN1c1ncccn1. The molecular weight excluding hydrogens is 206 g/mol. The molecule has 0 radical (unpaired) electrons. The summed E-state index contributed by atoms with van der Waals surface area (Å²) < 4.78 is 24.5. The molecule has 0 unspecified atom stereocenters. The number of rotatable bonds is 2. The van der Waals surface area contributed by atoms with Crippen LogP contribution in [0.25, 0.3) is 0 Å². The number of hydrazone groups is 1. The number of aromatic nitrogens is 2. The Labute approximate surface area is 83.4 Å². The zero-order valence-corrected chi connectivity index (χ0v) is 7.47. The maximum absolute atomic E-state index is 12.3. The van der Waals surface area contributed by atoms with Gasteiger partial charge in [-0.2, -0.15) is 10.1 Å². The van der Waals surface area contributed by atoms with E-state index in [9.17, 15) is 13.6 Å². The van der Waals surface area contributed by atoms with Crippen LogP contribution in [-0.4, -0.2) is 28.0 Å². The fourth-order valence-electron chi connectivity index (χ4n) is 1.13. The van der Waals surface area contributed by atoms with Crippen LogP contribution < -0.4 is 5.01 Å². The van der Waals surface area contributed by atoms with E-state index in [2.05, 4.69) is 15.1 Å². The molecule has 78 valence electrons. The van der Waals surface area contributed by atoms with Gasteiger partial charge in [0.15, 0.2) is 0 Å². The van der Waals surface area contributed by atoms with Gasteiger partial charge in [0.1, 0.15) is 5.71 Å². The molecule has 15 heavy (non-hydrogen) atoms. The van der Waals surface area contributed by atoms with E-state index in [0.29, 0.717) is 0 Å². The Bertz CT molecular complexity index is 406. The molecule has 2 rings (SSSR count). The summed E-state index contributed by atoms with van der Waals surface area (Å²) in [6.45, 7) is 0. The Morgan fingerprint density at radius 1 is 1.33 bits per heavy atom. The molecular formula is C8H6F2N4O. The van der Waals surface area contributed by atoms with Crippen LogP contribution in [-0.2, 0) is 4.79 Å². The lowest BCUT2D eigenvalue weighted by Gasteiger charge is -2.07. The minimum atomic E-state index is -2.72. The van der Waals surface area contributed by atoms with Gasteiger partial charge in [-0.05, 0) is 6.07 Å². The molecule has 7 heteroatoms. The third-order valence-electron chi connectivity index (χ3n) is 1.79. The molecule has 1 aliphatic rings. The molecule has 0 saturated heterocycles. The summed E-state index contributed by atoms with van der Waals surface area (Å²) in [4.78, 5) is 18.8. The Kier molecular flexibility index (Phi) is 2.36. The van der Waals surface area contributed by atoms with Gasteiger partial charge in [-0.25, -0.2) is 18.7 Å². The van der Waals surface area contributed by atoms with Crippen molar-refractivity contribution in [3.05, 3.63) is 18.5 Å². The number of alkyl halides is 2. The third-order valence-corrected chi connectivity index (χ3v) is 1.79. The lowest BCUT2D eigenvalue weighted by molar-refractivity contribution is -0.117. The molecule has 0 atom stereocenters. The van der Waals surface area contributed by atoms with Crippen LogP contribution in [0.1, 0.15) is 6.42 Å². The van der Waals surface area contributed by atoms with Crippen molar-refractivity contribution in [2.75, 3.05) is 5.01 Å². The first-order valence-electron chi connectivity index (χ1n) is 4.14. The number of halogens is 2. The van der Waals surface area contributed by atoms with Gasteiger partial charge in [0.05, 0.1) is 6.42 Å². The van der Waals surface area contributed by atoms with Crippen molar-refractivity contribution in [1.82, 2.24) is 9.97 Å². The van der Waals surface area contributed by atoms with Gasteiger partial charge in [-0.15, -0.1) is 0 Å². The molecule has 0 spiro atoms. The smallest absolute Gasteiger partial charge is 0.272 e. The van der Waals surface area contributed by atoms with E-state index in [1.54, 1.807) is 6.07 Å². The van der Waals surface area contributed by atoms with Crippen LogP contribution in [0.3, 0.4) is 0 Å². The van der Waals surface area contributed by atoms with Crippen molar-refractivity contribution in [2.45, 2.75) is 12.8 Å². The second-order valence-corrected chi connectivity index (χ2v) is 2.82. The lowest BCUT2D eigenvalue weighted by Crippen LogP contribution is -2.21. The van der Waals surface area contributed by atoms with Gasteiger partial charge in [0, 0.05) is 12.4 Å². The molecule has 1 aromatic rings. The lowest BCUT2D eigenvalue weighted by atomic mass is 10.3. The maximum Gasteiger partial charge on any atom is 0.278 e. The average molecular weight is 212 g/mol. The highest BCUT2D eigenvalue weighted by Gasteiger charge is 2.31. The fraction of sp³-hybridized carbons (Fsp3) is 0.250. The molecule has 1 amide bonds. The Hall–Kier alpha value is -1.92. The summed E-state index contributed by atoms with van der Waals surface area (Å²) in [6.07, 6.45) is -0.282. The zero-order chi connectivity index (χ0) is 10.8. The van der Waals surface area contributed by atoms with Crippen molar-refractivity contribution in [3.8, 4) is 0 Å². The molecule has 0 fully saturated rings.